The van der Waals surface area contributed by atoms with Crippen molar-refractivity contribution in [2.75, 3.05) is 46.1 Å². The monoisotopic (exact) mass is 694 g/mol. The van der Waals surface area contributed by atoms with Crippen molar-refractivity contribution in [2.45, 2.75) is 128 Å². The molecule has 2 N–H and O–H groups in total. The molecule has 0 aromatic heterocycles. The molecule has 13 heteroatoms. The van der Waals surface area contributed by atoms with Gasteiger partial charge >= 0.3 is 5.97 Å². The van der Waals surface area contributed by atoms with Gasteiger partial charge < -0.3 is 24.8 Å². The fourth-order valence-corrected chi connectivity index (χ4v) is 5.52. The number of carboxylic acid groups (broad SMARTS) is 1. The summed E-state index contributed by atoms with van der Waals surface area (Å²) < 4.78 is 11.0. The Morgan fingerprint density at radius 3 is 1.53 bits per heavy atom. The molecule has 0 radical (unpaired) electrons. The first-order valence-corrected chi connectivity index (χ1v) is 20.3. The summed E-state index contributed by atoms with van der Waals surface area (Å²) in [6, 6.07) is 0. The second-order valence-corrected chi connectivity index (χ2v) is 13.8. The minimum atomic E-state index is -0.693. The molecule has 3 atom stereocenters. The van der Waals surface area contributed by atoms with Gasteiger partial charge in [0.2, 0.25) is 11.8 Å². The van der Waals surface area contributed by atoms with E-state index in [1.165, 1.54) is 51.4 Å². The Hall–Kier alpha value is -1.04. The summed E-state index contributed by atoms with van der Waals surface area (Å²) >= 11 is 0. The Kier molecular flexibility index (Phi) is 32.1. The van der Waals surface area contributed by atoms with Crippen molar-refractivity contribution in [2.24, 2.45) is 0 Å². The normalized spacial score (nSPS) is 11.2. The molecule has 0 aliphatic rings. The van der Waals surface area contributed by atoms with Crippen LogP contribution in [-0.4, -0.2) is 84.9 Å². The minimum Gasteiger partial charge on any atom is -0.481 e. The van der Waals surface area contributed by atoms with Crippen molar-refractivity contribution >= 4 is 55.3 Å². The topological polar surface area (TPSA) is 139 Å². The Bertz CT molecular complexity index is 804. The van der Waals surface area contributed by atoms with Crippen LogP contribution in [0.2, 0.25) is 0 Å². The van der Waals surface area contributed by atoms with Gasteiger partial charge in [0, 0.05) is 51.7 Å². The number of carbonyl (C=O) groups is 5. The predicted octanol–water partition coefficient (Wildman–Crippen LogP) is 6.25. The summed E-state index contributed by atoms with van der Waals surface area (Å²) in [6.45, 7) is 2.56. The number of unbranched alkanes of at least 4 members (excludes halogenated alkanes) is 13. The van der Waals surface area contributed by atoms with Gasteiger partial charge in [-0.05, 0) is 27.5 Å². The maximum Gasteiger partial charge on any atom is 0.303 e. The second-order valence-electron chi connectivity index (χ2n) is 11.4. The molecule has 0 aliphatic heterocycles. The molecule has 0 fully saturated rings. The Morgan fingerprint density at radius 1 is 0.600 bits per heavy atom. The van der Waals surface area contributed by atoms with E-state index in [-0.39, 0.29) is 31.1 Å². The molecule has 0 aliphatic carbocycles. The highest BCUT2D eigenvalue weighted by Gasteiger charge is 2.14. The SMILES string of the molecule is O=C(O)CCCCCCCCCCCCCCCCC(=O)NCCCC(=O)N(CCOCCC(=O)P)CCOCCC(=O)PP. The molecular weight excluding hydrogens is 633 g/mol. The lowest BCUT2D eigenvalue weighted by Crippen LogP contribution is -2.37. The molecule has 45 heavy (non-hydrogen) atoms. The van der Waals surface area contributed by atoms with Crippen LogP contribution in [0.1, 0.15) is 128 Å². The minimum absolute atomic E-state index is 0.0202. The zero-order valence-corrected chi connectivity index (χ0v) is 30.8. The third kappa shape index (κ3) is 32.7. The van der Waals surface area contributed by atoms with Crippen LogP contribution in [0.15, 0.2) is 0 Å². The van der Waals surface area contributed by atoms with Crippen LogP contribution in [0.5, 0.6) is 0 Å². The highest BCUT2D eigenvalue weighted by molar-refractivity contribution is 8.11. The van der Waals surface area contributed by atoms with Crippen LogP contribution in [0.3, 0.4) is 0 Å². The number of hydrogen-bond donors (Lipinski definition) is 2. The zero-order chi connectivity index (χ0) is 33.4. The average molecular weight is 695 g/mol. The van der Waals surface area contributed by atoms with Crippen LogP contribution < -0.4 is 5.32 Å². The molecule has 2 amide bonds. The van der Waals surface area contributed by atoms with Crippen LogP contribution in [-0.2, 0) is 33.4 Å². The molecule has 0 saturated carbocycles. The number of nitrogens with zero attached hydrogens (tertiary/aromatic N) is 1. The van der Waals surface area contributed by atoms with E-state index in [1.807, 2.05) is 0 Å². The average Bonchev–Trinajstić information content (AvgIpc) is 3.00. The van der Waals surface area contributed by atoms with Crippen molar-refractivity contribution in [1.29, 1.82) is 0 Å². The summed E-state index contributed by atoms with van der Waals surface area (Å²) in [5.74, 6) is -0.695. The van der Waals surface area contributed by atoms with Crippen molar-refractivity contribution in [1.82, 2.24) is 10.2 Å². The van der Waals surface area contributed by atoms with Gasteiger partial charge in [-0.3, -0.25) is 24.0 Å². The van der Waals surface area contributed by atoms with E-state index in [0.29, 0.717) is 84.6 Å². The molecular formula is C32H61N2O8P3. The van der Waals surface area contributed by atoms with Gasteiger partial charge in [-0.1, -0.05) is 86.3 Å². The number of nitrogens with one attached hydrogen (secondary N) is 1. The summed E-state index contributed by atoms with van der Waals surface area (Å²) in [6.07, 6.45) is 18.5. The largest absolute Gasteiger partial charge is 0.481 e. The van der Waals surface area contributed by atoms with Gasteiger partial charge in [0.15, 0.2) is 11.0 Å². The fraction of sp³-hybridized carbons (Fsp3) is 0.844. The van der Waals surface area contributed by atoms with Crippen LogP contribution in [0.25, 0.3) is 0 Å². The van der Waals surface area contributed by atoms with Crippen molar-refractivity contribution < 1.29 is 38.6 Å². The zero-order valence-electron chi connectivity index (χ0n) is 27.5. The van der Waals surface area contributed by atoms with Crippen molar-refractivity contribution in [3.63, 3.8) is 0 Å². The van der Waals surface area contributed by atoms with Crippen LogP contribution in [0.4, 0.5) is 0 Å². The Balaban J connectivity index is 3.85. The molecule has 0 aromatic carbocycles. The summed E-state index contributed by atoms with van der Waals surface area (Å²) in [7, 11) is 4.73. The van der Waals surface area contributed by atoms with Gasteiger partial charge in [0.1, 0.15) is 0 Å². The molecule has 10 nitrogen and oxygen atoms in total. The van der Waals surface area contributed by atoms with E-state index in [4.69, 9.17) is 14.6 Å². The molecule has 262 valence electrons. The third-order valence-corrected chi connectivity index (χ3v) is 9.25. The first kappa shape index (κ1) is 44.0. The van der Waals surface area contributed by atoms with E-state index in [0.717, 1.165) is 38.5 Å². The highest BCUT2D eigenvalue weighted by atomic mass is 32.0. The Labute approximate surface area is 278 Å². The number of carbonyl (C=O) groups excluding carboxylic acids is 4. The predicted molar refractivity (Wildman–Crippen MR) is 189 cm³/mol. The van der Waals surface area contributed by atoms with Gasteiger partial charge in [0.05, 0.1) is 26.4 Å². The number of amides is 2. The van der Waals surface area contributed by atoms with Gasteiger partial charge in [-0.25, -0.2) is 0 Å². The van der Waals surface area contributed by atoms with Crippen LogP contribution in [0, 0.1) is 0 Å². The van der Waals surface area contributed by atoms with Crippen LogP contribution >= 0.6 is 26.4 Å². The molecule has 0 bridgehead atoms. The lowest BCUT2D eigenvalue weighted by Gasteiger charge is -2.23. The van der Waals surface area contributed by atoms with E-state index in [9.17, 15) is 24.0 Å². The number of ether oxygens (including phenoxy) is 2. The maximum atomic E-state index is 12.8. The van der Waals surface area contributed by atoms with E-state index >= 15 is 0 Å². The van der Waals surface area contributed by atoms with Crippen molar-refractivity contribution in [3.8, 4) is 0 Å². The van der Waals surface area contributed by atoms with Gasteiger partial charge in [0.25, 0.3) is 0 Å². The molecule has 0 aromatic rings. The number of rotatable bonds is 34. The quantitative estimate of drug-likeness (QED) is 0.0596. The van der Waals surface area contributed by atoms with E-state index in [2.05, 4.69) is 23.5 Å². The lowest BCUT2D eigenvalue weighted by molar-refractivity contribution is -0.137. The fourth-order valence-electron chi connectivity index (χ4n) is 4.72. The summed E-state index contributed by atoms with van der Waals surface area (Å²) in [5, 5.41) is 11.6. The highest BCUT2D eigenvalue weighted by Crippen LogP contribution is 2.22. The Morgan fingerprint density at radius 2 is 1.07 bits per heavy atom. The maximum absolute atomic E-state index is 12.8. The number of aliphatic carboxylic acids is 1. The molecule has 0 saturated heterocycles. The third-order valence-electron chi connectivity index (χ3n) is 7.43. The smallest absolute Gasteiger partial charge is 0.303 e. The van der Waals surface area contributed by atoms with Gasteiger partial charge in [-0.2, -0.15) is 0 Å². The molecule has 0 spiro atoms. The summed E-state index contributed by atoms with van der Waals surface area (Å²) in [5.41, 5.74) is 0.120. The molecule has 0 heterocycles. The number of carboxylic acids is 1. The standard InChI is InChI=1S/C32H61N2O8P3/c35-28(16-13-11-9-7-5-3-1-2-4-6-8-10-12-14-18-30(37)38)33-21-15-17-29(36)34(22-26-41-24-19-31(39)43)23-27-42-25-20-32(40)45-44/h45H,1-27,43-44H2,(H,33,35)(H,37,38). The first-order chi connectivity index (χ1) is 21.8. The molecule has 3 unspecified atom stereocenters. The van der Waals surface area contributed by atoms with Gasteiger partial charge in [-0.15, -0.1) is 8.93 Å². The second kappa shape index (κ2) is 32.9. The first-order valence-electron chi connectivity index (χ1n) is 17.0. The number of hydrogen-bond acceptors (Lipinski definition) is 7. The lowest BCUT2D eigenvalue weighted by atomic mass is 10.0. The summed E-state index contributed by atoms with van der Waals surface area (Å²) in [4.78, 5) is 59.6. The van der Waals surface area contributed by atoms with E-state index in [1.54, 1.807) is 4.90 Å². The van der Waals surface area contributed by atoms with Crippen molar-refractivity contribution in [3.05, 3.63) is 0 Å². The molecule has 0 rings (SSSR count). The van der Waals surface area contributed by atoms with E-state index < -0.39 is 5.97 Å².